The Morgan fingerprint density at radius 1 is 1.05 bits per heavy atom. The normalized spacial score (nSPS) is 32.6. The SMILES string of the molecule is CC(=O)OC1CCC[C@H](O[C@@H](C)OC2CCCCO2)O1. The minimum atomic E-state index is -0.510. The highest BCUT2D eigenvalue weighted by Gasteiger charge is 2.27. The lowest BCUT2D eigenvalue weighted by Crippen LogP contribution is -2.36. The van der Waals surface area contributed by atoms with Crippen LogP contribution in [0.4, 0.5) is 0 Å². The Morgan fingerprint density at radius 3 is 2.45 bits per heavy atom. The van der Waals surface area contributed by atoms with Crippen LogP contribution in [0.25, 0.3) is 0 Å². The van der Waals surface area contributed by atoms with Crippen LogP contribution in [0.5, 0.6) is 0 Å². The Labute approximate surface area is 119 Å². The maximum Gasteiger partial charge on any atom is 0.304 e. The Kier molecular flexibility index (Phi) is 6.22. The van der Waals surface area contributed by atoms with Gasteiger partial charge in [0.1, 0.15) is 0 Å². The van der Waals surface area contributed by atoms with Crippen molar-refractivity contribution in [1.29, 1.82) is 0 Å². The summed E-state index contributed by atoms with van der Waals surface area (Å²) in [7, 11) is 0. The highest BCUT2D eigenvalue weighted by molar-refractivity contribution is 5.66. The average Bonchev–Trinajstić information content (AvgIpc) is 2.39. The van der Waals surface area contributed by atoms with Gasteiger partial charge in [-0.3, -0.25) is 4.79 Å². The van der Waals surface area contributed by atoms with Gasteiger partial charge in [0.25, 0.3) is 0 Å². The smallest absolute Gasteiger partial charge is 0.304 e. The molecule has 20 heavy (non-hydrogen) atoms. The third-order valence-corrected chi connectivity index (χ3v) is 3.31. The van der Waals surface area contributed by atoms with E-state index in [1.54, 1.807) is 0 Å². The lowest BCUT2D eigenvalue weighted by Gasteiger charge is -2.32. The number of hydrogen-bond donors (Lipinski definition) is 0. The van der Waals surface area contributed by atoms with Crippen LogP contribution in [-0.2, 0) is 28.5 Å². The van der Waals surface area contributed by atoms with E-state index in [1.807, 2.05) is 6.92 Å². The maximum atomic E-state index is 10.9. The fourth-order valence-corrected chi connectivity index (χ4v) is 2.41. The summed E-state index contributed by atoms with van der Waals surface area (Å²) in [6, 6.07) is 0. The highest BCUT2D eigenvalue weighted by atomic mass is 16.8. The fourth-order valence-electron chi connectivity index (χ4n) is 2.41. The Hall–Kier alpha value is -0.690. The third-order valence-electron chi connectivity index (χ3n) is 3.31. The van der Waals surface area contributed by atoms with Crippen LogP contribution in [-0.4, -0.2) is 37.7 Å². The number of carbonyl (C=O) groups is 1. The first-order chi connectivity index (χ1) is 9.63. The molecule has 0 spiro atoms. The Morgan fingerprint density at radius 2 is 1.75 bits per heavy atom. The molecule has 0 radical (unpaired) electrons. The van der Waals surface area contributed by atoms with Crippen LogP contribution in [0.1, 0.15) is 52.4 Å². The van der Waals surface area contributed by atoms with Gasteiger partial charge < -0.3 is 23.7 Å². The van der Waals surface area contributed by atoms with Gasteiger partial charge in [0.2, 0.25) is 6.29 Å². The van der Waals surface area contributed by atoms with E-state index in [0.717, 1.165) is 38.7 Å². The van der Waals surface area contributed by atoms with Crippen molar-refractivity contribution in [2.24, 2.45) is 0 Å². The number of rotatable bonds is 5. The first kappa shape index (κ1) is 15.7. The standard InChI is InChI=1S/C14H24O6/c1-10(15)17-13-7-5-8-14(20-13)19-11(2)18-12-6-3-4-9-16-12/h11-14H,3-9H2,1-2H3/t11-,12?,13?,14+/m0/s1. The summed E-state index contributed by atoms with van der Waals surface area (Å²) in [5.74, 6) is -0.337. The molecule has 0 N–H and O–H groups in total. The number of esters is 1. The zero-order chi connectivity index (χ0) is 14.4. The van der Waals surface area contributed by atoms with Crippen LogP contribution in [0.3, 0.4) is 0 Å². The van der Waals surface area contributed by atoms with E-state index in [4.69, 9.17) is 23.7 Å². The zero-order valence-corrected chi connectivity index (χ0v) is 12.2. The molecular weight excluding hydrogens is 264 g/mol. The van der Waals surface area contributed by atoms with Gasteiger partial charge >= 0.3 is 5.97 Å². The third kappa shape index (κ3) is 5.36. The molecule has 0 bridgehead atoms. The topological polar surface area (TPSA) is 63.2 Å². The maximum absolute atomic E-state index is 10.9. The van der Waals surface area contributed by atoms with E-state index >= 15 is 0 Å². The van der Waals surface area contributed by atoms with Crippen molar-refractivity contribution in [3.63, 3.8) is 0 Å². The van der Waals surface area contributed by atoms with E-state index in [2.05, 4.69) is 0 Å². The Bertz CT molecular complexity index is 302. The predicted octanol–water partition coefficient (Wildman–Crippen LogP) is 2.31. The minimum absolute atomic E-state index is 0.188. The minimum Gasteiger partial charge on any atom is -0.436 e. The van der Waals surface area contributed by atoms with Crippen molar-refractivity contribution in [3.05, 3.63) is 0 Å². The van der Waals surface area contributed by atoms with Gasteiger partial charge in [0.15, 0.2) is 18.9 Å². The van der Waals surface area contributed by atoms with Crippen LogP contribution in [0.2, 0.25) is 0 Å². The van der Waals surface area contributed by atoms with Crippen molar-refractivity contribution in [2.45, 2.75) is 77.5 Å². The fraction of sp³-hybridized carbons (Fsp3) is 0.929. The molecule has 2 heterocycles. The van der Waals surface area contributed by atoms with Gasteiger partial charge in [-0.15, -0.1) is 0 Å². The number of hydrogen-bond acceptors (Lipinski definition) is 6. The molecule has 6 heteroatoms. The summed E-state index contributed by atoms with van der Waals surface area (Å²) in [4.78, 5) is 10.9. The van der Waals surface area contributed by atoms with E-state index in [9.17, 15) is 4.79 Å². The van der Waals surface area contributed by atoms with E-state index in [-0.39, 0.29) is 12.3 Å². The van der Waals surface area contributed by atoms with Gasteiger partial charge in [-0.05, 0) is 39.0 Å². The number of carbonyl (C=O) groups excluding carboxylic acids is 1. The molecule has 2 aliphatic rings. The molecule has 0 aromatic rings. The molecule has 0 aromatic heterocycles. The highest BCUT2D eigenvalue weighted by Crippen LogP contribution is 2.23. The molecule has 2 rings (SSSR count). The van der Waals surface area contributed by atoms with Gasteiger partial charge in [-0.25, -0.2) is 0 Å². The van der Waals surface area contributed by atoms with Crippen molar-refractivity contribution in [2.75, 3.05) is 6.61 Å². The van der Waals surface area contributed by atoms with Crippen molar-refractivity contribution in [3.8, 4) is 0 Å². The second-order valence-corrected chi connectivity index (χ2v) is 5.17. The molecule has 0 aromatic carbocycles. The largest absolute Gasteiger partial charge is 0.436 e. The van der Waals surface area contributed by atoms with Crippen LogP contribution in [0.15, 0.2) is 0 Å². The van der Waals surface area contributed by atoms with Gasteiger partial charge in [-0.2, -0.15) is 0 Å². The molecule has 116 valence electrons. The van der Waals surface area contributed by atoms with Crippen molar-refractivity contribution in [1.82, 2.24) is 0 Å². The number of ether oxygens (including phenoxy) is 5. The summed E-state index contributed by atoms with van der Waals surface area (Å²) in [6.45, 7) is 3.95. The molecule has 4 atom stereocenters. The van der Waals surface area contributed by atoms with Gasteiger partial charge in [0, 0.05) is 20.0 Å². The molecule has 0 aliphatic carbocycles. The van der Waals surface area contributed by atoms with Gasteiger partial charge in [0.05, 0.1) is 0 Å². The molecule has 0 saturated carbocycles. The molecule has 0 amide bonds. The molecule has 2 fully saturated rings. The summed E-state index contributed by atoms with van der Waals surface area (Å²) < 4.78 is 27.5. The Balaban J connectivity index is 1.69. The first-order valence-electron chi connectivity index (χ1n) is 7.38. The molecule has 2 aliphatic heterocycles. The van der Waals surface area contributed by atoms with Crippen LogP contribution >= 0.6 is 0 Å². The van der Waals surface area contributed by atoms with E-state index < -0.39 is 18.9 Å². The van der Waals surface area contributed by atoms with Crippen LogP contribution < -0.4 is 0 Å². The predicted molar refractivity (Wildman–Crippen MR) is 69.5 cm³/mol. The van der Waals surface area contributed by atoms with E-state index in [1.165, 1.54) is 6.92 Å². The molecule has 2 unspecified atom stereocenters. The molecule has 6 nitrogen and oxygen atoms in total. The van der Waals surface area contributed by atoms with Crippen molar-refractivity contribution >= 4 is 5.97 Å². The van der Waals surface area contributed by atoms with Crippen LogP contribution in [0, 0.1) is 0 Å². The van der Waals surface area contributed by atoms with Gasteiger partial charge in [-0.1, -0.05) is 0 Å². The average molecular weight is 288 g/mol. The lowest BCUT2D eigenvalue weighted by molar-refractivity contribution is -0.325. The first-order valence-corrected chi connectivity index (χ1v) is 7.38. The molecule has 2 saturated heterocycles. The second kappa shape index (κ2) is 7.93. The second-order valence-electron chi connectivity index (χ2n) is 5.17. The quantitative estimate of drug-likeness (QED) is 0.571. The zero-order valence-electron chi connectivity index (χ0n) is 12.2. The summed E-state index contributed by atoms with van der Waals surface area (Å²) >= 11 is 0. The molecular formula is C14H24O6. The lowest BCUT2D eigenvalue weighted by atomic mass is 10.2. The summed E-state index contributed by atoms with van der Waals surface area (Å²) in [5.41, 5.74) is 0. The van der Waals surface area contributed by atoms with Crippen molar-refractivity contribution < 1.29 is 28.5 Å². The summed E-state index contributed by atoms with van der Waals surface area (Å²) in [6.07, 6.45) is 3.99. The summed E-state index contributed by atoms with van der Waals surface area (Å²) in [5, 5.41) is 0. The monoisotopic (exact) mass is 288 g/mol. The van der Waals surface area contributed by atoms with E-state index in [0.29, 0.717) is 6.42 Å².